The van der Waals surface area contributed by atoms with Gasteiger partial charge < -0.3 is 9.84 Å². The molecule has 0 aliphatic rings. The maximum Gasteiger partial charge on any atom is 0.308 e. The molecule has 0 bridgehead atoms. The SMILES string of the molecule is CC[C@@H](C)[C@H](O)CC(=O)OCc1ccccc1. The first-order valence-corrected chi connectivity index (χ1v) is 6.01. The Morgan fingerprint density at radius 1 is 1.35 bits per heavy atom. The van der Waals surface area contributed by atoms with Crippen LogP contribution in [0.2, 0.25) is 0 Å². The van der Waals surface area contributed by atoms with E-state index in [9.17, 15) is 9.90 Å². The van der Waals surface area contributed by atoms with Crippen molar-refractivity contribution in [1.82, 2.24) is 0 Å². The Hall–Kier alpha value is -1.35. The van der Waals surface area contributed by atoms with Gasteiger partial charge in [0.25, 0.3) is 0 Å². The summed E-state index contributed by atoms with van der Waals surface area (Å²) in [4.78, 5) is 11.5. The van der Waals surface area contributed by atoms with Crippen LogP contribution in [0.3, 0.4) is 0 Å². The Kier molecular flexibility index (Phi) is 5.70. The predicted molar refractivity (Wildman–Crippen MR) is 66.3 cm³/mol. The average molecular weight is 236 g/mol. The average Bonchev–Trinajstić information content (AvgIpc) is 2.36. The van der Waals surface area contributed by atoms with Crippen LogP contribution in [-0.4, -0.2) is 17.2 Å². The lowest BCUT2D eigenvalue weighted by atomic mass is 9.99. The molecule has 0 saturated carbocycles. The minimum absolute atomic E-state index is 0.0713. The fourth-order valence-corrected chi connectivity index (χ4v) is 1.44. The van der Waals surface area contributed by atoms with Crippen molar-refractivity contribution >= 4 is 5.97 Å². The maximum atomic E-state index is 11.5. The highest BCUT2D eigenvalue weighted by atomic mass is 16.5. The minimum Gasteiger partial charge on any atom is -0.461 e. The number of aliphatic hydroxyl groups excluding tert-OH is 1. The zero-order valence-electron chi connectivity index (χ0n) is 10.4. The number of rotatable bonds is 6. The molecule has 0 fully saturated rings. The van der Waals surface area contributed by atoms with Crippen molar-refractivity contribution in [2.45, 2.75) is 39.4 Å². The Morgan fingerprint density at radius 3 is 2.59 bits per heavy atom. The monoisotopic (exact) mass is 236 g/mol. The van der Waals surface area contributed by atoms with E-state index in [0.29, 0.717) is 0 Å². The summed E-state index contributed by atoms with van der Waals surface area (Å²) in [5.74, 6) is -0.221. The second-order valence-corrected chi connectivity index (χ2v) is 4.30. The third-order valence-electron chi connectivity index (χ3n) is 2.92. The van der Waals surface area contributed by atoms with E-state index in [-0.39, 0.29) is 24.9 Å². The van der Waals surface area contributed by atoms with E-state index in [2.05, 4.69) is 0 Å². The van der Waals surface area contributed by atoms with Crippen molar-refractivity contribution in [3.05, 3.63) is 35.9 Å². The lowest BCUT2D eigenvalue weighted by molar-refractivity contribution is -0.147. The molecule has 0 saturated heterocycles. The van der Waals surface area contributed by atoms with E-state index >= 15 is 0 Å². The molecular formula is C14H20O3. The summed E-state index contributed by atoms with van der Waals surface area (Å²) in [7, 11) is 0. The molecule has 1 rings (SSSR count). The number of esters is 1. The van der Waals surface area contributed by atoms with Crippen LogP contribution in [-0.2, 0) is 16.1 Å². The van der Waals surface area contributed by atoms with Gasteiger partial charge in [-0.1, -0.05) is 50.6 Å². The molecule has 0 aliphatic heterocycles. The highest BCUT2D eigenvalue weighted by molar-refractivity contribution is 5.70. The zero-order chi connectivity index (χ0) is 12.7. The minimum atomic E-state index is -0.608. The van der Waals surface area contributed by atoms with E-state index in [0.717, 1.165) is 12.0 Å². The molecule has 94 valence electrons. The Morgan fingerprint density at radius 2 is 2.00 bits per heavy atom. The van der Waals surface area contributed by atoms with E-state index in [1.807, 2.05) is 44.2 Å². The van der Waals surface area contributed by atoms with Crippen molar-refractivity contribution in [2.75, 3.05) is 0 Å². The van der Waals surface area contributed by atoms with Crippen molar-refractivity contribution in [2.24, 2.45) is 5.92 Å². The number of hydrogen-bond donors (Lipinski definition) is 1. The second kappa shape index (κ2) is 7.07. The molecular weight excluding hydrogens is 216 g/mol. The summed E-state index contributed by atoms with van der Waals surface area (Å²) < 4.78 is 5.09. The summed E-state index contributed by atoms with van der Waals surface area (Å²) in [6, 6.07) is 9.52. The zero-order valence-corrected chi connectivity index (χ0v) is 10.4. The summed E-state index contributed by atoms with van der Waals surface area (Å²) >= 11 is 0. The highest BCUT2D eigenvalue weighted by Crippen LogP contribution is 2.12. The fourth-order valence-electron chi connectivity index (χ4n) is 1.44. The maximum absolute atomic E-state index is 11.5. The molecule has 2 atom stereocenters. The van der Waals surface area contributed by atoms with Gasteiger partial charge in [-0.05, 0) is 11.5 Å². The van der Waals surface area contributed by atoms with Gasteiger partial charge in [0.15, 0.2) is 0 Å². The van der Waals surface area contributed by atoms with Crippen LogP contribution < -0.4 is 0 Å². The number of aliphatic hydroxyl groups is 1. The molecule has 0 spiro atoms. The van der Waals surface area contributed by atoms with E-state index < -0.39 is 6.10 Å². The van der Waals surface area contributed by atoms with Crippen LogP contribution in [0, 0.1) is 5.92 Å². The normalized spacial score (nSPS) is 14.1. The molecule has 0 heterocycles. The van der Waals surface area contributed by atoms with Crippen LogP contribution >= 0.6 is 0 Å². The molecule has 0 aromatic heterocycles. The molecule has 17 heavy (non-hydrogen) atoms. The van der Waals surface area contributed by atoms with Gasteiger partial charge in [-0.2, -0.15) is 0 Å². The Balaban J connectivity index is 2.31. The second-order valence-electron chi connectivity index (χ2n) is 4.30. The van der Waals surface area contributed by atoms with Crippen molar-refractivity contribution < 1.29 is 14.6 Å². The number of hydrogen-bond acceptors (Lipinski definition) is 3. The predicted octanol–water partition coefficient (Wildman–Crippen LogP) is 2.53. The molecule has 0 radical (unpaired) electrons. The van der Waals surface area contributed by atoms with Gasteiger partial charge in [-0.3, -0.25) is 4.79 Å². The van der Waals surface area contributed by atoms with E-state index in [4.69, 9.17) is 4.74 Å². The number of carbonyl (C=O) groups is 1. The Labute approximate surface area is 102 Å². The molecule has 0 aliphatic carbocycles. The van der Waals surface area contributed by atoms with Gasteiger partial charge in [0.2, 0.25) is 0 Å². The lowest BCUT2D eigenvalue weighted by Crippen LogP contribution is -2.22. The summed E-state index contributed by atoms with van der Waals surface area (Å²) in [5, 5.41) is 9.68. The van der Waals surface area contributed by atoms with E-state index in [1.165, 1.54) is 0 Å². The third-order valence-corrected chi connectivity index (χ3v) is 2.92. The van der Waals surface area contributed by atoms with Crippen LogP contribution in [0.4, 0.5) is 0 Å². The number of ether oxygens (including phenoxy) is 1. The van der Waals surface area contributed by atoms with Gasteiger partial charge in [-0.15, -0.1) is 0 Å². The summed E-state index contributed by atoms with van der Waals surface area (Å²) in [6.45, 7) is 4.19. The van der Waals surface area contributed by atoms with Crippen LogP contribution in [0.1, 0.15) is 32.3 Å². The highest BCUT2D eigenvalue weighted by Gasteiger charge is 2.17. The molecule has 1 aromatic carbocycles. The van der Waals surface area contributed by atoms with Gasteiger partial charge in [0.1, 0.15) is 6.61 Å². The first-order chi connectivity index (χ1) is 8.13. The van der Waals surface area contributed by atoms with Crippen molar-refractivity contribution in [3.63, 3.8) is 0 Å². The van der Waals surface area contributed by atoms with Crippen LogP contribution in [0.15, 0.2) is 30.3 Å². The number of benzene rings is 1. The standard InChI is InChI=1S/C14H20O3/c1-3-11(2)13(15)9-14(16)17-10-12-7-5-4-6-8-12/h4-8,11,13,15H,3,9-10H2,1-2H3/t11-,13-/m1/s1. The molecule has 3 heteroatoms. The van der Waals surface area contributed by atoms with E-state index in [1.54, 1.807) is 0 Å². The van der Waals surface area contributed by atoms with Gasteiger partial charge in [0.05, 0.1) is 12.5 Å². The van der Waals surface area contributed by atoms with Gasteiger partial charge >= 0.3 is 5.97 Å². The number of carbonyl (C=O) groups excluding carboxylic acids is 1. The van der Waals surface area contributed by atoms with Crippen molar-refractivity contribution in [3.8, 4) is 0 Å². The topological polar surface area (TPSA) is 46.5 Å². The van der Waals surface area contributed by atoms with Gasteiger partial charge in [0, 0.05) is 0 Å². The van der Waals surface area contributed by atoms with Crippen molar-refractivity contribution in [1.29, 1.82) is 0 Å². The molecule has 1 aromatic rings. The summed E-state index contributed by atoms with van der Waals surface area (Å²) in [5.41, 5.74) is 0.957. The molecule has 0 amide bonds. The lowest BCUT2D eigenvalue weighted by Gasteiger charge is -2.16. The third kappa shape index (κ3) is 5.00. The quantitative estimate of drug-likeness (QED) is 0.772. The van der Waals surface area contributed by atoms with Gasteiger partial charge in [-0.25, -0.2) is 0 Å². The van der Waals surface area contributed by atoms with Crippen LogP contribution in [0.5, 0.6) is 0 Å². The Bertz CT molecular complexity index is 335. The first kappa shape index (κ1) is 13.7. The smallest absolute Gasteiger partial charge is 0.308 e. The largest absolute Gasteiger partial charge is 0.461 e. The van der Waals surface area contributed by atoms with Crippen LogP contribution in [0.25, 0.3) is 0 Å². The molecule has 1 N–H and O–H groups in total. The first-order valence-electron chi connectivity index (χ1n) is 6.01. The summed E-state index contributed by atoms with van der Waals surface area (Å²) in [6.07, 6.45) is 0.317. The molecule has 3 nitrogen and oxygen atoms in total. The fraction of sp³-hybridized carbons (Fsp3) is 0.500. The molecule has 0 unspecified atom stereocenters.